The van der Waals surface area contributed by atoms with Crippen LogP contribution in [0.4, 0.5) is 10.2 Å². The lowest BCUT2D eigenvalue weighted by molar-refractivity contribution is 0.0272. The van der Waals surface area contributed by atoms with Crippen molar-refractivity contribution in [1.29, 1.82) is 5.26 Å². The summed E-state index contributed by atoms with van der Waals surface area (Å²) in [6.07, 6.45) is 3.07. The first-order valence-corrected chi connectivity index (χ1v) is 12.4. The second-order valence-corrected chi connectivity index (χ2v) is 8.69. The van der Waals surface area contributed by atoms with Gasteiger partial charge in [0.05, 0.1) is 61.6 Å². The summed E-state index contributed by atoms with van der Waals surface area (Å²) in [5.41, 5.74) is 0.621. The van der Waals surface area contributed by atoms with Crippen LogP contribution in [0.2, 0.25) is 5.02 Å². The summed E-state index contributed by atoms with van der Waals surface area (Å²) in [4.78, 5) is 17.1. The van der Waals surface area contributed by atoms with Gasteiger partial charge in [-0.2, -0.15) is 14.8 Å². The second-order valence-electron chi connectivity index (χ2n) is 8.29. The van der Waals surface area contributed by atoms with Crippen LogP contribution in [0.25, 0.3) is 22.0 Å². The van der Waals surface area contributed by atoms with Gasteiger partial charge in [-0.1, -0.05) is 49.0 Å². The predicted octanol–water partition coefficient (Wildman–Crippen LogP) is 4.53. The van der Waals surface area contributed by atoms with Crippen LogP contribution in [-0.4, -0.2) is 61.5 Å². The fourth-order valence-electron chi connectivity index (χ4n) is 3.50. The van der Waals surface area contributed by atoms with Crippen LogP contribution in [0.15, 0.2) is 71.6 Å². The SMILES string of the molecule is C=C(C#N)/C=C\C(=C)Cn1nc(-c2cc(Cl)c(NCCOCCOCCOC)nc2F)c2ccccc2c1=O. The first kappa shape index (κ1) is 29.7. The van der Waals surface area contributed by atoms with Crippen LogP contribution >= 0.6 is 11.6 Å². The molecular weight excluding hydrogens is 525 g/mol. The Hall–Kier alpha value is -3.88. The number of nitrogens with zero attached hydrogens (tertiary/aromatic N) is 4. The Bertz CT molecular complexity index is 1460. The fourth-order valence-corrected chi connectivity index (χ4v) is 3.72. The van der Waals surface area contributed by atoms with E-state index in [2.05, 4.69) is 28.6 Å². The van der Waals surface area contributed by atoms with Crippen molar-refractivity contribution >= 4 is 28.2 Å². The van der Waals surface area contributed by atoms with Gasteiger partial charge in [0.15, 0.2) is 0 Å². The van der Waals surface area contributed by atoms with Crippen molar-refractivity contribution in [3.05, 3.63) is 88.1 Å². The zero-order chi connectivity index (χ0) is 28.2. The molecule has 204 valence electrons. The molecule has 0 aliphatic carbocycles. The molecule has 0 unspecified atom stereocenters. The lowest BCUT2D eigenvalue weighted by Crippen LogP contribution is -2.24. The number of fused-ring (bicyclic) bond motifs is 1. The van der Waals surface area contributed by atoms with E-state index in [0.29, 0.717) is 55.9 Å². The van der Waals surface area contributed by atoms with E-state index in [1.54, 1.807) is 37.5 Å². The van der Waals surface area contributed by atoms with Gasteiger partial charge in [0.2, 0.25) is 5.95 Å². The van der Waals surface area contributed by atoms with Crippen LogP contribution in [0.5, 0.6) is 0 Å². The molecule has 0 fully saturated rings. The van der Waals surface area contributed by atoms with Crippen LogP contribution in [0, 0.1) is 17.3 Å². The number of nitrogens with one attached hydrogen (secondary N) is 1. The van der Waals surface area contributed by atoms with E-state index >= 15 is 4.39 Å². The molecule has 0 radical (unpaired) electrons. The number of rotatable bonds is 15. The minimum absolute atomic E-state index is 0.0196. The topological polar surface area (TPSA) is 111 Å². The van der Waals surface area contributed by atoms with E-state index in [0.717, 1.165) is 0 Å². The fraction of sp³-hybridized carbons (Fsp3) is 0.286. The second kappa shape index (κ2) is 14.9. The third-order valence-electron chi connectivity index (χ3n) is 5.41. The Morgan fingerprint density at radius 3 is 2.56 bits per heavy atom. The van der Waals surface area contributed by atoms with Crippen molar-refractivity contribution in [2.45, 2.75) is 6.54 Å². The molecule has 2 heterocycles. The standard InChI is InChI=1S/C28H29ClFN5O4/c1-19(17-31)8-9-20(2)18-35-28(36)22-7-5-4-6-21(22)25(34-35)23-16-24(29)27(33-26(23)30)32-10-11-38-14-15-39-13-12-37-3/h4-9,16H,1-2,10-15,18H2,3H3,(H,32,33)/b9-8-. The highest BCUT2D eigenvalue weighted by molar-refractivity contribution is 6.33. The number of benzene rings is 1. The Morgan fingerprint density at radius 1 is 1.15 bits per heavy atom. The van der Waals surface area contributed by atoms with Crippen molar-refractivity contribution < 1.29 is 18.6 Å². The van der Waals surface area contributed by atoms with Crippen LogP contribution in [-0.2, 0) is 20.8 Å². The quantitative estimate of drug-likeness (QED) is 0.126. The number of pyridine rings is 1. The summed E-state index contributed by atoms with van der Waals surface area (Å²) in [5, 5.41) is 17.3. The number of hydrogen-bond acceptors (Lipinski definition) is 8. The zero-order valence-corrected chi connectivity index (χ0v) is 22.3. The van der Waals surface area contributed by atoms with Gasteiger partial charge in [0.1, 0.15) is 11.5 Å². The Kier molecular flexibility index (Phi) is 11.3. The molecule has 1 N–H and O–H groups in total. The normalized spacial score (nSPS) is 11.1. The Labute approximate surface area is 230 Å². The maximum Gasteiger partial charge on any atom is 0.274 e. The average molecular weight is 554 g/mol. The molecule has 2 aromatic heterocycles. The van der Waals surface area contributed by atoms with Gasteiger partial charge < -0.3 is 19.5 Å². The average Bonchev–Trinajstić information content (AvgIpc) is 2.94. The van der Waals surface area contributed by atoms with E-state index in [9.17, 15) is 4.79 Å². The monoisotopic (exact) mass is 553 g/mol. The molecule has 1 aromatic carbocycles. The maximum absolute atomic E-state index is 15.3. The van der Waals surface area contributed by atoms with E-state index < -0.39 is 5.95 Å². The molecule has 39 heavy (non-hydrogen) atoms. The van der Waals surface area contributed by atoms with Gasteiger partial charge >= 0.3 is 0 Å². The van der Waals surface area contributed by atoms with Crippen LogP contribution in [0.3, 0.4) is 0 Å². The maximum atomic E-state index is 15.3. The molecule has 0 atom stereocenters. The van der Waals surface area contributed by atoms with Gasteiger partial charge in [-0.3, -0.25) is 4.79 Å². The number of aromatic nitrogens is 3. The molecule has 0 spiro atoms. The number of nitriles is 1. The molecule has 0 saturated carbocycles. The molecule has 0 aliphatic heterocycles. The van der Waals surface area contributed by atoms with Gasteiger partial charge in [0, 0.05) is 24.6 Å². The first-order valence-electron chi connectivity index (χ1n) is 12.0. The number of methoxy groups -OCH3 is 1. The van der Waals surface area contributed by atoms with Gasteiger partial charge in [-0.15, -0.1) is 0 Å². The first-order chi connectivity index (χ1) is 18.8. The highest BCUT2D eigenvalue weighted by atomic mass is 35.5. The molecule has 3 aromatic rings. The van der Waals surface area contributed by atoms with Crippen molar-refractivity contribution in [2.75, 3.05) is 52.0 Å². The van der Waals surface area contributed by atoms with Crippen molar-refractivity contribution in [2.24, 2.45) is 0 Å². The van der Waals surface area contributed by atoms with E-state index in [-0.39, 0.29) is 39.8 Å². The highest BCUT2D eigenvalue weighted by Gasteiger charge is 2.18. The number of anilines is 1. The molecular formula is C28H29ClFN5O4. The molecule has 0 bridgehead atoms. The summed E-state index contributed by atoms with van der Waals surface area (Å²) in [7, 11) is 1.60. The Morgan fingerprint density at radius 2 is 1.85 bits per heavy atom. The zero-order valence-electron chi connectivity index (χ0n) is 21.6. The lowest BCUT2D eigenvalue weighted by Gasteiger charge is -2.14. The minimum atomic E-state index is -0.804. The summed E-state index contributed by atoms with van der Waals surface area (Å²) in [5.74, 6) is -0.645. The summed E-state index contributed by atoms with van der Waals surface area (Å²) >= 11 is 6.44. The van der Waals surface area contributed by atoms with Gasteiger partial charge in [0.25, 0.3) is 5.56 Å². The molecule has 0 amide bonds. The largest absolute Gasteiger partial charge is 0.382 e. The van der Waals surface area contributed by atoms with E-state index in [4.69, 9.17) is 31.1 Å². The molecule has 0 aliphatic rings. The van der Waals surface area contributed by atoms with E-state index in [1.807, 2.05) is 6.07 Å². The molecule has 3 rings (SSSR count). The Balaban J connectivity index is 1.80. The van der Waals surface area contributed by atoms with Gasteiger partial charge in [-0.05, 0) is 23.8 Å². The van der Waals surface area contributed by atoms with Gasteiger partial charge in [-0.25, -0.2) is 9.67 Å². The number of ether oxygens (including phenoxy) is 3. The number of hydrogen-bond donors (Lipinski definition) is 1. The molecule has 11 heteroatoms. The summed E-state index contributed by atoms with van der Waals surface area (Å²) < 4.78 is 32.2. The number of halogens is 2. The summed E-state index contributed by atoms with van der Waals surface area (Å²) in [6, 6.07) is 10.1. The van der Waals surface area contributed by atoms with Crippen molar-refractivity contribution in [3.63, 3.8) is 0 Å². The third kappa shape index (κ3) is 8.30. The van der Waals surface area contributed by atoms with Crippen molar-refractivity contribution in [3.8, 4) is 17.3 Å². The third-order valence-corrected chi connectivity index (χ3v) is 5.70. The minimum Gasteiger partial charge on any atom is -0.382 e. The highest BCUT2D eigenvalue weighted by Crippen LogP contribution is 2.31. The predicted molar refractivity (Wildman–Crippen MR) is 149 cm³/mol. The molecule has 9 nitrogen and oxygen atoms in total. The van der Waals surface area contributed by atoms with E-state index in [1.165, 1.54) is 16.8 Å². The smallest absolute Gasteiger partial charge is 0.274 e. The lowest BCUT2D eigenvalue weighted by atomic mass is 10.1. The van der Waals surface area contributed by atoms with Crippen LogP contribution in [0.1, 0.15) is 0 Å². The van der Waals surface area contributed by atoms with Crippen LogP contribution < -0.4 is 10.9 Å². The molecule has 0 saturated heterocycles. The number of allylic oxidation sites excluding steroid dienone is 4. The summed E-state index contributed by atoms with van der Waals surface area (Å²) in [6.45, 7) is 10.1. The van der Waals surface area contributed by atoms with Crippen molar-refractivity contribution in [1.82, 2.24) is 14.8 Å².